The van der Waals surface area contributed by atoms with Gasteiger partial charge in [-0.2, -0.15) is 0 Å². The molecule has 0 bridgehead atoms. The van der Waals surface area contributed by atoms with Gasteiger partial charge < -0.3 is 5.11 Å². The molecule has 0 saturated carbocycles. The number of rotatable bonds is 4. The molecule has 0 aliphatic rings. The van der Waals surface area contributed by atoms with E-state index in [4.69, 9.17) is 5.11 Å². The van der Waals surface area contributed by atoms with Gasteiger partial charge in [-0.1, -0.05) is 0 Å². The lowest BCUT2D eigenvalue weighted by Crippen LogP contribution is -2.32. The monoisotopic (exact) mass is 261 g/mol. The van der Waals surface area contributed by atoms with Crippen LogP contribution in [0.15, 0.2) is 18.2 Å². The second-order valence-electron chi connectivity index (χ2n) is 3.59. The zero-order valence-electron chi connectivity index (χ0n) is 9.27. The third-order valence-electron chi connectivity index (χ3n) is 2.23. The summed E-state index contributed by atoms with van der Waals surface area (Å²) < 4.78 is 38.1. The second-order valence-corrected chi connectivity index (χ2v) is 5.59. The van der Waals surface area contributed by atoms with Gasteiger partial charge in [0.05, 0.1) is 0 Å². The van der Waals surface area contributed by atoms with Gasteiger partial charge in [-0.15, -0.1) is 0 Å². The molecule has 17 heavy (non-hydrogen) atoms. The van der Waals surface area contributed by atoms with Crippen LogP contribution in [0.1, 0.15) is 12.5 Å². The quantitative estimate of drug-likeness (QED) is 0.857. The van der Waals surface area contributed by atoms with Gasteiger partial charge in [0.15, 0.2) is 5.25 Å². The molecule has 94 valence electrons. The number of hydrogen-bond acceptors (Lipinski definition) is 3. The van der Waals surface area contributed by atoms with E-state index in [2.05, 4.69) is 4.72 Å². The van der Waals surface area contributed by atoms with Crippen molar-refractivity contribution < 1.29 is 22.7 Å². The molecule has 0 fully saturated rings. The van der Waals surface area contributed by atoms with E-state index in [1.54, 1.807) is 0 Å². The molecule has 1 atom stereocenters. The van der Waals surface area contributed by atoms with Gasteiger partial charge in [-0.05, 0) is 37.6 Å². The number of carbonyl (C=O) groups is 1. The molecule has 0 aromatic heterocycles. The minimum Gasteiger partial charge on any atom is -0.480 e. The summed E-state index contributed by atoms with van der Waals surface area (Å²) in [5, 5.41) is 7.04. The zero-order valence-corrected chi connectivity index (χ0v) is 10.1. The number of aryl methyl sites for hydroxylation is 1. The Kier molecular flexibility index (Phi) is 3.72. The summed E-state index contributed by atoms with van der Waals surface area (Å²) in [6.07, 6.45) is 0. The number of sulfonamides is 1. The lowest BCUT2D eigenvalue weighted by atomic mass is 10.2. The Morgan fingerprint density at radius 3 is 2.53 bits per heavy atom. The van der Waals surface area contributed by atoms with E-state index in [0.29, 0.717) is 0 Å². The zero-order chi connectivity index (χ0) is 13.2. The van der Waals surface area contributed by atoms with Crippen molar-refractivity contribution >= 4 is 21.7 Å². The largest absolute Gasteiger partial charge is 0.480 e. The van der Waals surface area contributed by atoms with Crippen LogP contribution in [0.3, 0.4) is 0 Å². The molecule has 0 aliphatic carbocycles. The average molecular weight is 261 g/mol. The van der Waals surface area contributed by atoms with Gasteiger partial charge >= 0.3 is 5.97 Å². The van der Waals surface area contributed by atoms with Crippen molar-refractivity contribution in [2.24, 2.45) is 0 Å². The number of hydrogen-bond donors (Lipinski definition) is 2. The standard InChI is InChI=1S/C10H12FNO4S/c1-6-5-8(3-4-9(6)11)12-17(15,16)7(2)10(13)14/h3-5,7,12H,1-2H3,(H,13,14). The third kappa shape index (κ3) is 3.16. The van der Waals surface area contributed by atoms with E-state index in [0.717, 1.165) is 13.0 Å². The number of carboxylic acid groups (broad SMARTS) is 1. The van der Waals surface area contributed by atoms with Gasteiger partial charge in [-0.3, -0.25) is 9.52 Å². The molecular formula is C10H12FNO4S. The summed E-state index contributed by atoms with van der Waals surface area (Å²) in [4.78, 5) is 10.6. The summed E-state index contributed by atoms with van der Waals surface area (Å²) in [5.74, 6) is -1.91. The predicted molar refractivity (Wildman–Crippen MR) is 60.8 cm³/mol. The summed E-state index contributed by atoms with van der Waals surface area (Å²) in [6, 6.07) is 3.63. The summed E-state index contributed by atoms with van der Waals surface area (Å²) in [5.41, 5.74) is 0.408. The number of anilines is 1. The smallest absolute Gasteiger partial charge is 0.323 e. The Hall–Kier alpha value is -1.63. The first-order valence-corrected chi connectivity index (χ1v) is 6.29. The molecule has 0 spiro atoms. The van der Waals surface area contributed by atoms with E-state index < -0.39 is 27.1 Å². The Morgan fingerprint density at radius 2 is 2.06 bits per heavy atom. The maximum Gasteiger partial charge on any atom is 0.323 e. The molecule has 0 heterocycles. The lowest BCUT2D eigenvalue weighted by Gasteiger charge is -2.11. The molecule has 1 aromatic rings. The molecule has 7 heteroatoms. The highest BCUT2D eigenvalue weighted by Gasteiger charge is 2.27. The number of halogens is 1. The topological polar surface area (TPSA) is 83.5 Å². The molecule has 1 rings (SSSR count). The van der Waals surface area contributed by atoms with Gasteiger partial charge in [0.2, 0.25) is 10.0 Å². The molecule has 0 saturated heterocycles. The SMILES string of the molecule is Cc1cc(NS(=O)(=O)C(C)C(=O)O)ccc1F. The van der Waals surface area contributed by atoms with E-state index in [1.807, 2.05) is 0 Å². The first-order chi connectivity index (χ1) is 7.74. The minimum atomic E-state index is -4.01. The molecule has 0 amide bonds. The maximum atomic E-state index is 12.9. The molecule has 2 N–H and O–H groups in total. The van der Waals surface area contributed by atoms with Crippen molar-refractivity contribution in [1.29, 1.82) is 0 Å². The molecule has 1 aromatic carbocycles. The Bertz CT molecular complexity index is 541. The number of carboxylic acids is 1. The van der Waals surface area contributed by atoms with Crippen LogP contribution in [0.2, 0.25) is 0 Å². The van der Waals surface area contributed by atoms with Crippen molar-refractivity contribution in [1.82, 2.24) is 0 Å². The van der Waals surface area contributed by atoms with E-state index in [1.165, 1.54) is 19.1 Å². The van der Waals surface area contributed by atoms with Crippen LogP contribution < -0.4 is 4.72 Å². The van der Waals surface area contributed by atoms with E-state index in [-0.39, 0.29) is 11.3 Å². The molecule has 1 unspecified atom stereocenters. The highest BCUT2D eigenvalue weighted by Crippen LogP contribution is 2.16. The molecule has 0 aliphatic heterocycles. The Balaban J connectivity index is 2.98. The number of benzene rings is 1. The van der Waals surface area contributed by atoms with Gasteiger partial charge in [0, 0.05) is 5.69 Å². The minimum absolute atomic E-state index is 0.136. The lowest BCUT2D eigenvalue weighted by molar-refractivity contribution is -0.136. The highest BCUT2D eigenvalue weighted by atomic mass is 32.2. The number of nitrogens with one attached hydrogen (secondary N) is 1. The third-order valence-corrected chi connectivity index (χ3v) is 3.88. The van der Waals surface area contributed by atoms with E-state index >= 15 is 0 Å². The van der Waals surface area contributed by atoms with Crippen molar-refractivity contribution in [2.45, 2.75) is 19.1 Å². The van der Waals surface area contributed by atoms with Crippen molar-refractivity contribution in [3.05, 3.63) is 29.6 Å². The first kappa shape index (κ1) is 13.4. The molecular weight excluding hydrogens is 249 g/mol. The van der Waals surface area contributed by atoms with Crippen LogP contribution >= 0.6 is 0 Å². The van der Waals surface area contributed by atoms with Crippen molar-refractivity contribution in [3.63, 3.8) is 0 Å². The summed E-state index contributed by atoms with van der Waals surface area (Å²) >= 11 is 0. The maximum absolute atomic E-state index is 12.9. The number of aliphatic carboxylic acids is 1. The fraction of sp³-hybridized carbons (Fsp3) is 0.300. The summed E-state index contributed by atoms with van der Waals surface area (Å²) in [6.45, 7) is 2.54. The highest BCUT2D eigenvalue weighted by molar-refractivity contribution is 7.94. The van der Waals surface area contributed by atoms with Gasteiger partial charge in [0.1, 0.15) is 5.82 Å². The fourth-order valence-corrected chi connectivity index (χ4v) is 1.99. The summed E-state index contributed by atoms with van der Waals surface area (Å²) in [7, 11) is -4.01. The van der Waals surface area contributed by atoms with Crippen LogP contribution in [0.5, 0.6) is 0 Å². The normalized spacial score (nSPS) is 13.1. The second kappa shape index (κ2) is 4.70. The molecule has 0 radical (unpaired) electrons. The van der Waals surface area contributed by atoms with Crippen molar-refractivity contribution in [3.8, 4) is 0 Å². The van der Waals surface area contributed by atoms with Crippen LogP contribution in [0.25, 0.3) is 0 Å². The van der Waals surface area contributed by atoms with Gasteiger partial charge in [0.25, 0.3) is 0 Å². The average Bonchev–Trinajstić information content (AvgIpc) is 2.22. The predicted octanol–water partition coefficient (Wildman–Crippen LogP) is 1.35. The molecule has 5 nitrogen and oxygen atoms in total. The Labute approximate surface area is 98.3 Å². The van der Waals surface area contributed by atoms with Crippen LogP contribution in [0, 0.1) is 12.7 Å². The van der Waals surface area contributed by atoms with E-state index in [9.17, 15) is 17.6 Å². The van der Waals surface area contributed by atoms with Crippen LogP contribution in [0.4, 0.5) is 10.1 Å². The van der Waals surface area contributed by atoms with Crippen molar-refractivity contribution in [2.75, 3.05) is 4.72 Å². The Morgan fingerprint density at radius 1 is 1.47 bits per heavy atom. The first-order valence-electron chi connectivity index (χ1n) is 4.74. The van der Waals surface area contributed by atoms with Gasteiger partial charge in [-0.25, -0.2) is 12.8 Å². The fourth-order valence-electron chi connectivity index (χ4n) is 1.09. The van der Waals surface area contributed by atoms with Crippen LogP contribution in [-0.4, -0.2) is 24.7 Å². The van der Waals surface area contributed by atoms with Crippen LogP contribution in [-0.2, 0) is 14.8 Å².